The summed E-state index contributed by atoms with van der Waals surface area (Å²) < 4.78 is 5.60. The van der Waals surface area contributed by atoms with Crippen LogP contribution in [0.4, 0.5) is 0 Å². The Morgan fingerprint density at radius 3 is 2.60 bits per heavy atom. The van der Waals surface area contributed by atoms with E-state index in [1.54, 1.807) is 27.1 Å². The summed E-state index contributed by atoms with van der Waals surface area (Å²) in [4.78, 5) is 13.2. The molecule has 0 aliphatic carbocycles. The maximum atomic E-state index is 11.8. The van der Waals surface area contributed by atoms with E-state index in [0.717, 1.165) is 18.4 Å². The van der Waals surface area contributed by atoms with Crippen LogP contribution < -0.4 is 10.5 Å². The van der Waals surface area contributed by atoms with Crippen molar-refractivity contribution in [3.05, 3.63) is 28.8 Å². The topological polar surface area (TPSA) is 55.6 Å². The van der Waals surface area contributed by atoms with Crippen molar-refractivity contribution in [2.45, 2.75) is 38.8 Å². The summed E-state index contributed by atoms with van der Waals surface area (Å²) in [5, 5.41) is 0.504. The van der Waals surface area contributed by atoms with Crippen LogP contribution in [0.2, 0.25) is 5.02 Å². The number of carbonyl (C=O) groups is 1. The van der Waals surface area contributed by atoms with E-state index >= 15 is 0 Å². The van der Waals surface area contributed by atoms with E-state index in [0.29, 0.717) is 10.8 Å². The minimum absolute atomic E-state index is 0.0989. The molecule has 0 saturated carbocycles. The molecule has 0 aromatic heterocycles. The van der Waals surface area contributed by atoms with Crippen LogP contribution >= 0.6 is 11.6 Å². The van der Waals surface area contributed by atoms with Crippen molar-refractivity contribution < 1.29 is 9.53 Å². The molecule has 1 rings (SSSR count). The number of amides is 1. The summed E-state index contributed by atoms with van der Waals surface area (Å²) in [5.41, 5.74) is 6.99. The fourth-order valence-electron chi connectivity index (χ4n) is 1.82. The maximum Gasteiger partial charge on any atom is 0.262 e. The molecule has 0 radical (unpaired) electrons. The van der Waals surface area contributed by atoms with Gasteiger partial charge in [-0.15, -0.1) is 0 Å². The van der Waals surface area contributed by atoms with E-state index in [1.165, 1.54) is 4.90 Å². The zero-order chi connectivity index (χ0) is 15.3. The van der Waals surface area contributed by atoms with Gasteiger partial charge in [-0.25, -0.2) is 0 Å². The van der Waals surface area contributed by atoms with Crippen LogP contribution in [-0.4, -0.2) is 37.0 Å². The molecule has 2 atom stereocenters. The van der Waals surface area contributed by atoms with Gasteiger partial charge in [0.25, 0.3) is 5.91 Å². The molecule has 0 aliphatic rings. The van der Waals surface area contributed by atoms with Crippen LogP contribution in [0.3, 0.4) is 0 Å². The van der Waals surface area contributed by atoms with Crippen molar-refractivity contribution in [3.8, 4) is 5.75 Å². The van der Waals surface area contributed by atoms with Crippen molar-refractivity contribution >= 4 is 17.5 Å². The van der Waals surface area contributed by atoms with E-state index in [-0.39, 0.29) is 11.9 Å². The van der Waals surface area contributed by atoms with Gasteiger partial charge in [0.15, 0.2) is 6.10 Å². The lowest BCUT2D eigenvalue weighted by Crippen LogP contribution is -2.35. The second kappa shape index (κ2) is 7.50. The number of likely N-dealkylation sites (N-methyl/N-ethyl adjacent to an activating group) is 1. The van der Waals surface area contributed by atoms with Crippen molar-refractivity contribution in [2.75, 3.05) is 14.1 Å². The van der Waals surface area contributed by atoms with Crippen molar-refractivity contribution in [1.29, 1.82) is 0 Å². The first-order chi connectivity index (χ1) is 9.35. The molecule has 1 amide bonds. The van der Waals surface area contributed by atoms with Gasteiger partial charge in [-0.05, 0) is 37.5 Å². The average Bonchev–Trinajstić information content (AvgIpc) is 2.40. The van der Waals surface area contributed by atoms with Gasteiger partial charge in [0.05, 0.1) is 5.02 Å². The third kappa shape index (κ3) is 4.69. The van der Waals surface area contributed by atoms with Crippen molar-refractivity contribution in [3.63, 3.8) is 0 Å². The van der Waals surface area contributed by atoms with E-state index in [9.17, 15) is 4.79 Å². The van der Waals surface area contributed by atoms with Gasteiger partial charge in [-0.2, -0.15) is 0 Å². The number of benzene rings is 1. The largest absolute Gasteiger partial charge is 0.479 e. The van der Waals surface area contributed by atoms with Crippen molar-refractivity contribution in [2.24, 2.45) is 5.73 Å². The molecule has 1 aromatic carbocycles. The summed E-state index contributed by atoms with van der Waals surface area (Å²) in [6, 6.07) is 5.70. The number of rotatable bonds is 6. The zero-order valence-corrected chi connectivity index (χ0v) is 13.3. The highest BCUT2D eigenvalue weighted by molar-refractivity contribution is 6.32. The van der Waals surface area contributed by atoms with Gasteiger partial charge in [0, 0.05) is 20.1 Å². The Bertz CT molecular complexity index is 463. The van der Waals surface area contributed by atoms with Crippen LogP contribution in [0.25, 0.3) is 0 Å². The summed E-state index contributed by atoms with van der Waals surface area (Å²) in [7, 11) is 3.39. The summed E-state index contributed by atoms with van der Waals surface area (Å²) in [6.45, 7) is 3.76. The Morgan fingerprint density at radius 1 is 1.45 bits per heavy atom. The number of ether oxygens (including phenoxy) is 1. The number of carbonyl (C=O) groups excluding carboxylic acids is 1. The lowest BCUT2D eigenvalue weighted by atomic mass is 10.0. The number of hydrogen-bond donors (Lipinski definition) is 1. The molecule has 0 bridgehead atoms. The predicted octanol–water partition coefficient (Wildman–Crippen LogP) is 2.48. The van der Waals surface area contributed by atoms with Crippen LogP contribution in [0, 0.1) is 0 Å². The molecular weight excluding hydrogens is 276 g/mol. The molecule has 0 fully saturated rings. The SMILES string of the molecule is CCC(N)Cc1ccc(OC(C)C(=O)N(C)C)c(Cl)c1. The highest BCUT2D eigenvalue weighted by atomic mass is 35.5. The van der Waals surface area contributed by atoms with Gasteiger partial charge < -0.3 is 15.4 Å². The van der Waals surface area contributed by atoms with Crippen LogP contribution in [-0.2, 0) is 11.2 Å². The van der Waals surface area contributed by atoms with Crippen molar-refractivity contribution in [1.82, 2.24) is 4.90 Å². The third-order valence-electron chi connectivity index (χ3n) is 3.11. The fourth-order valence-corrected chi connectivity index (χ4v) is 2.07. The first kappa shape index (κ1) is 16.8. The average molecular weight is 299 g/mol. The number of nitrogens with zero attached hydrogens (tertiary/aromatic N) is 1. The highest BCUT2D eigenvalue weighted by Gasteiger charge is 2.18. The maximum absolute atomic E-state index is 11.8. The Kier molecular flexibility index (Phi) is 6.30. The molecule has 112 valence electrons. The Labute approximate surface area is 125 Å². The molecule has 0 aliphatic heterocycles. The summed E-state index contributed by atoms with van der Waals surface area (Å²) in [6.07, 6.45) is 1.14. The molecule has 0 heterocycles. The van der Waals surface area contributed by atoms with Gasteiger partial charge in [-0.1, -0.05) is 24.6 Å². The van der Waals surface area contributed by atoms with Gasteiger partial charge >= 0.3 is 0 Å². The first-order valence-electron chi connectivity index (χ1n) is 6.77. The molecule has 2 N–H and O–H groups in total. The van der Waals surface area contributed by atoms with E-state index in [2.05, 4.69) is 6.92 Å². The summed E-state index contributed by atoms with van der Waals surface area (Å²) >= 11 is 6.19. The minimum atomic E-state index is -0.564. The second-order valence-electron chi connectivity index (χ2n) is 5.13. The first-order valence-corrected chi connectivity index (χ1v) is 7.14. The quantitative estimate of drug-likeness (QED) is 0.878. The molecule has 0 saturated heterocycles. The molecule has 0 spiro atoms. The monoisotopic (exact) mass is 298 g/mol. The molecule has 4 nitrogen and oxygen atoms in total. The van der Waals surface area contributed by atoms with Gasteiger partial charge in [-0.3, -0.25) is 4.79 Å². The highest BCUT2D eigenvalue weighted by Crippen LogP contribution is 2.27. The minimum Gasteiger partial charge on any atom is -0.479 e. The number of hydrogen-bond acceptors (Lipinski definition) is 3. The zero-order valence-electron chi connectivity index (χ0n) is 12.5. The molecule has 20 heavy (non-hydrogen) atoms. The van der Waals surface area contributed by atoms with E-state index in [4.69, 9.17) is 22.1 Å². The lowest BCUT2D eigenvalue weighted by molar-refractivity contribution is -0.135. The molecule has 2 unspecified atom stereocenters. The Balaban J connectivity index is 2.76. The molecule has 5 heteroatoms. The number of nitrogens with two attached hydrogens (primary N) is 1. The standard InChI is InChI=1S/C15H23ClN2O2/c1-5-12(17)8-11-6-7-14(13(16)9-11)20-10(2)15(19)18(3)4/h6-7,9-10,12H,5,8,17H2,1-4H3. The smallest absolute Gasteiger partial charge is 0.262 e. The molecule has 1 aromatic rings. The summed E-state index contributed by atoms with van der Waals surface area (Å²) in [5.74, 6) is 0.418. The number of halogens is 1. The van der Waals surface area contributed by atoms with E-state index in [1.807, 2.05) is 12.1 Å². The van der Waals surface area contributed by atoms with Gasteiger partial charge in [0.2, 0.25) is 0 Å². The Hall–Kier alpha value is -1.26. The van der Waals surface area contributed by atoms with Crippen LogP contribution in [0.1, 0.15) is 25.8 Å². The lowest BCUT2D eigenvalue weighted by Gasteiger charge is -2.19. The Morgan fingerprint density at radius 2 is 2.10 bits per heavy atom. The fraction of sp³-hybridized carbons (Fsp3) is 0.533. The third-order valence-corrected chi connectivity index (χ3v) is 3.41. The normalized spacial score (nSPS) is 13.7. The van der Waals surface area contributed by atoms with Gasteiger partial charge in [0.1, 0.15) is 5.75 Å². The molecular formula is C15H23ClN2O2. The van der Waals surface area contributed by atoms with Crippen LogP contribution in [0.15, 0.2) is 18.2 Å². The van der Waals surface area contributed by atoms with E-state index < -0.39 is 6.10 Å². The predicted molar refractivity (Wildman–Crippen MR) is 82.2 cm³/mol. The second-order valence-corrected chi connectivity index (χ2v) is 5.54. The van der Waals surface area contributed by atoms with Crippen LogP contribution in [0.5, 0.6) is 5.75 Å².